The molecule has 0 aromatic carbocycles. The van der Waals surface area contributed by atoms with E-state index in [0.717, 1.165) is 30.8 Å². The molecule has 5 heteroatoms. The summed E-state index contributed by atoms with van der Waals surface area (Å²) in [6.07, 6.45) is 5.49. The lowest BCUT2D eigenvalue weighted by Crippen LogP contribution is -2.41. The molecule has 1 aliphatic heterocycles. The van der Waals surface area contributed by atoms with Gasteiger partial charge in [0.15, 0.2) is 0 Å². The van der Waals surface area contributed by atoms with Crippen molar-refractivity contribution in [2.45, 2.75) is 26.7 Å². The number of aryl methyl sites for hydroxylation is 2. The predicted molar refractivity (Wildman–Crippen MR) is 91.5 cm³/mol. The molecule has 0 aliphatic carbocycles. The maximum Gasteiger partial charge on any atom is 0.230 e. The van der Waals surface area contributed by atoms with Gasteiger partial charge in [-0.25, -0.2) is 9.97 Å². The van der Waals surface area contributed by atoms with Crippen LogP contribution in [0.15, 0.2) is 36.7 Å². The number of rotatable bonds is 3. The van der Waals surface area contributed by atoms with Gasteiger partial charge in [0.2, 0.25) is 5.91 Å². The minimum absolute atomic E-state index is 0.0332. The van der Waals surface area contributed by atoms with Gasteiger partial charge in [-0.15, -0.1) is 0 Å². The van der Waals surface area contributed by atoms with E-state index in [1.807, 2.05) is 31.3 Å². The number of piperidine rings is 1. The number of anilines is 2. The lowest BCUT2D eigenvalue weighted by Gasteiger charge is -2.32. The molecule has 1 N–H and O–H groups in total. The highest BCUT2D eigenvalue weighted by atomic mass is 16.2. The molecule has 1 amide bonds. The summed E-state index contributed by atoms with van der Waals surface area (Å²) in [5, 5.41) is 2.93. The van der Waals surface area contributed by atoms with Crippen LogP contribution in [-0.4, -0.2) is 29.0 Å². The van der Waals surface area contributed by atoms with Crippen molar-refractivity contribution in [1.29, 1.82) is 0 Å². The largest absolute Gasteiger partial charge is 0.356 e. The molecule has 120 valence electrons. The lowest BCUT2D eigenvalue weighted by molar-refractivity contribution is -0.120. The van der Waals surface area contributed by atoms with E-state index in [1.54, 1.807) is 6.20 Å². The maximum atomic E-state index is 12.5. The quantitative estimate of drug-likeness (QED) is 0.947. The van der Waals surface area contributed by atoms with Crippen LogP contribution >= 0.6 is 0 Å². The summed E-state index contributed by atoms with van der Waals surface area (Å²) in [6, 6.07) is 7.85. The maximum absolute atomic E-state index is 12.5. The zero-order valence-electron chi connectivity index (χ0n) is 13.6. The van der Waals surface area contributed by atoms with Gasteiger partial charge in [-0.2, -0.15) is 0 Å². The Morgan fingerprint density at radius 1 is 1.22 bits per heavy atom. The normalized spacial score (nSPS) is 17.8. The summed E-state index contributed by atoms with van der Waals surface area (Å²) in [4.78, 5) is 23.4. The van der Waals surface area contributed by atoms with E-state index in [0.29, 0.717) is 12.4 Å². The summed E-state index contributed by atoms with van der Waals surface area (Å²) < 4.78 is 0. The Kier molecular flexibility index (Phi) is 4.55. The van der Waals surface area contributed by atoms with Crippen molar-refractivity contribution in [2.75, 3.05) is 23.3 Å². The fourth-order valence-electron chi connectivity index (χ4n) is 2.86. The Morgan fingerprint density at radius 2 is 2.09 bits per heavy atom. The Hall–Kier alpha value is -2.43. The molecule has 1 unspecified atom stereocenters. The number of carbonyl (C=O) groups is 1. The van der Waals surface area contributed by atoms with Crippen molar-refractivity contribution in [3.63, 3.8) is 0 Å². The van der Waals surface area contributed by atoms with Crippen molar-refractivity contribution >= 4 is 17.5 Å². The number of carbonyl (C=O) groups excluding carboxylic acids is 1. The summed E-state index contributed by atoms with van der Waals surface area (Å²) in [5.74, 6) is 1.58. The van der Waals surface area contributed by atoms with Crippen LogP contribution in [0.4, 0.5) is 11.6 Å². The third kappa shape index (κ3) is 3.86. The van der Waals surface area contributed by atoms with Crippen LogP contribution in [0.2, 0.25) is 0 Å². The van der Waals surface area contributed by atoms with Gasteiger partial charge in [0.25, 0.3) is 0 Å². The van der Waals surface area contributed by atoms with Gasteiger partial charge >= 0.3 is 0 Å². The Morgan fingerprint density at radius 3 is 2.83 bits per heavy atom. The van der Waals surface area contributed by atoms with E-state index in [-0.39, 0.29) is 11.8 Å². The summed E-state index contributed by atoms with van der Waals surface area (Å²) in [7, 11) is 0. The topological polar surface area (TPSA) is 58.1 Å². The number of hydrogen-bond donors (Lipinski definition) is 1. The fourth-order valence-corrected chi connectivity index (χ4v) is 2.86. The Labute approximate surface area is 136 Å². The van der Waals surface area contributed by atoms with Gasteiger partial charge in [-0.1, -0.05) is 6.07 Å². The van der Waals surface area contributed by atoms with Crippen LogP contribution in [-0.2, 0) is 4.79 Å². The van der Waals surface area contributed by atoms with Gasteiger partial charge in [0.05, 0.1) is 5.92 Å². The number of nitrogens with zero attached hydrogens (tertiary/aromatic N) is 3. The minimum atomic E-state index is -0.0332. The molecule has 0 saturated carbocycles. The number of aromatic nitrogens is 2. The molecule has 2 aromatic rings. The van der Waals surface area contributed by atoms with Gasteiger partial charge < -0.3 is 10.2 Å². The van der Waals surface area contributed by atoms with E-state index in [1.165, 1.54) is 5.56 Å². The van der Waals surface area contributed by atoms with E-state index in [2.05, 4.69) is 33.2 Å². The van der Waals surface area contributed by atoms with Crippen molar-refractivity contribution in [3.8, 4) is 0 Å². The highest BCUT2D eigenvalue weighted by molar-refractivity contribution is 5.92. The minimum Gasteiger partial charge on any atom is -0.356 e. The second-order valence-corrected chi connectivity index (χ2v) is 6.19. The first-order chi connectivity index (χ1) is 11.1. The Bertz CT molecular complexity index is 684. The predicted octanol–water partition coefficient (Wildman–Crippen LogP) is 2.95. The number of nitrogens with one attached hydrogen (secondary N) is 1. The third-order valence-corrected chi connectivity index (χ3v) is 4.18. The molecular weight excluding hydrogens is 288 g/mol. The van der Waals surface area contributed by atoms with Crippen LogP contribution in [0.25, 0.3) is 0 Å². The third-order valence-electron chi connectivity index (χ3n) is 4.18. The molecule has 1 saturated heterocycles. The van der Waals surface area contributed by atoms with E-state index >= 15 is 0 Å². The monoisotopic (exact) mass is 310 g/mol. The summed E-state index contributed by atoms with van der Waals surface area (Å²) >= 11 is 0. The average molecular weight is 310 g/mol. The van der Waals surface area contributed by atoms with Crippen molar-refractivity contribution in [1.82, 2.24) is 9.97 Å². The molecule has 1 aliphatic rings. The zero-order valence-corrected chi connectivity index (χ0v) is 13.6. The molecule has 5 nitrogen and oxygen atoms in total. The van der Waals surface area contributed by atoms with Crippen molar-refractivity contribution in [3.05, 3.63) is 47.8 Å². The molecule has 0 spiro atoms. The van der Waals surface area contributed by atoms with Gasteiger partial charge in [-0.3, -0.25) is 4.79 Å². The van der Waals surface area contributed by atoms with Crippen LogP contribution in [0.1, 0.15) is 24.0 Å². The second-order valence-electron chi connectivity index (χ2n) is 6.19. The molecular formula is C18H22N4O. The van der Waals surface area contributed by atoms with Crippen LogP contribution in [0.3, 0.4) is 0 Å². The second kappa shape index (κ2) is 6.77. The molecule has 0 radical (unpaired) electrons. The molecule has 3 rings (SSSR count). The SMILES string of the molecule is Cc1ccc(NC(=O)C2CCCN(c3cc(C)ccn3)C2)nc1. The first kappa shape index (κ1) is 15.5. The molecule has 0 bridgehead atoms. The number of hydrogen-bond acceptors (Lipinski definition) is 4. The van der Waals surface area contributed by atoms with Gasteiger partial charge in [-0.05, 0) is 56.0 Å². The summed E-state index contributed by atoms with van der Waals surface area (Å²) in [6.45, 7) is 5.69. The first-order valence-electron chi connectivity index (χ1n) is 8.03. The average Bonchev–Trinajstić information content (AvgIpc) is 2.57. The van der Waals surface area contributed by atoms with Gasteiger partial charge in [0.1, 0.15) is 11.6 Å². The van der Waals surface area contributed by atoms with E-state index in [4.69, 9.17) is 0 Å². The molecule has 23 heavy (non-hydrogen) atoms. The highest BCUT2D eigenvalue weighted by Gasteiger charge is 2.26. The molecule has 1 fully saturated rings. The zero-order chi connectivity index (χ0) is 16.2. The standard InChI is InChI=1S/C18H22N4O/c1-13-7-8-19-17(10-13)22-9-3-4-15(12-22)18(23)21-16-6-5-14(2)11-20-16/h5-8,10-11,15H,3-4,9,12H2,1-2H3,(H,20,21,23). The highest BCUT2D eigenvalue weighted by Crippen LogP contribution is 2.23. The van der Waals surface area contributed by atoms with E-state index < -0.39 is 0 Å². The van der Waals surface area contributed by atoms with Crippen LogP contribution < -0.4 is 10.2 Å². The first-order valence-corrected chi connectivity index (χ1v) is 8.03. The summed E-state index contributed by atoms with van der Waals surface area (Å²) in [5.41, 5.74) is 2.27. The molecule has 3 heterocycles. The van der Waals surface area contributed by atoms with Crippen molar-refractivity contribution in [2.24, 2.45) is 5.92 Å². The Balaban J connectivity index is 1.65. The fraction of sp³-hybridized carbons (Fsp3) is 0.389. The molecule has 1 atom stereocenters. The molecule has 2 aromatic heterocycles. The van der Waals surface area contributed by atoms with Crippen LogP contribution in [0, 0.1) is 19.8 Å². The number of pyridine rings is 2. The number of amides is 1. The van der Waals surface area contributed by atoms with Gasteiger partial charge in [0, 0.05) is 25.5 Å². The smallest absolute Gasteiger partial charge is 0.230 e. The van der Waals surface area contributed by atoms with E-state index in [9.17, 15) is 4.79 Å². The van der Waals surface area contributed by atoms with Crippen LogP contribution in [0.5, 0.6) is 0 Å². The lowest BCUT2D eigenvalue weighted by atomic mass is 9.97. The van der Waals surface area contributed by atoms with Crippen molar-refractivity contribution < 1.29 is 4.79 Å².